The number of anilines is 1. The maximum Gasteiger partial charge on any atom is 0.416 e. The number of amides is 1. The summed E-state index contributed by atoms with van der Waals surface area (Å²) >= 11 is 5.76. The van der Waals surface area contributed by atoms with E-state index in [1.165, 1.54) is 12.1 Å². The molecular weight excluding hydrogens is 375 g/mol. The number of carbonyl (C=O) groups excluding carboxylic acids is 2. The summed E-state index contributed by atoms with van der Waals surface area (Å²) in [5.74, 6) is -2.15. The van der Waals surface area contributed by atoms with Crippen LogP contribution in [0, 0.1) is 6.92 Å². The van der Waals surface area contributed by atoms with Crippen LogP contribution in [-0.4, -0.2) is 23.6 Å². The van der Waals surface area contributed by atoms with Gasteiger partial charge in [0.1, 0.15) is 11.3 Å². The van der Waals surface area contributed by atoms with Crippen molar-refractivity contribution >= 4 is 29.2 Å². The molecule has 0 atom stereocenters. The fraction of sp³-hybridized carbons (Fsp3) is 0.176. The highest BCUT2D eigenvalue weighted by Crippen LogP contribution is 2.33. The van der Waals surface area contributed by atoms with Crippen molar-refractivity contribution in [2.24, 2.45) is 0 Å². The summed E-state index contributed by atoms with van der Waals surface area (Å²) in [6.45, 7) is 0.928. The first-order chi connectivity index (χ1) is 12.1. The van der Waals surface area contributed by atoms with Crippen LogP contribution in [0.4, 0.5) is 18.9 Å². The summed E-state index contributed by atoms with van der Waals surface area (Å²) in [6, 6.07) is 6.70. The Bertz CT molecular complexity index is 852. The molecule has 0 aliphatic carbocycles. The molecule has 0 spiro atoms. The first-order valence-corrected chi connectivity index (χ1v) is 7.59. The fourth-order valence-corrected chi connectivity index (χ4v) is 2.17. The number of alkyl halides is 3. The molecule has 0 bridgehead atoms. The van der Waals surface area contributed by atoms with E-state index in [1.54, 1.807) is 13.0 Å². The average Bonchev–Trinajstić information content (AvgIpc) is 2.55. The first kappa shape index (κ1) is 19.6. The van der Waals surface area contributed by atoms with Crippen molar-refractivity contribution in [2.45, 2.75) is 13.1 Å². The van der Waals surface area contributed by atoms with Gasteiger partial charge in [-0.3, -0.25) is 4.79 Å². The molecule has 1 amide bonds. The zero-order chi connectivity index (χ0) is 19.5. The molecule has 0 aliphatic heterocycles. The number of aryl methyl sites for hydroxylation is 1. The Balaban J connectivity index is 2.03. The van der Waals surface area contributed by atoms with E-state index in [0.717, 1.165) is 12.1 Å². The molecule has 0 saturated carbocycles. The Labute approximate surface area is 151 Å². The molecule has 2 N–H and O–H groups in total. The molecule has 2 aromatic rings. The van der Waals surface area contributed by atoms with E-state index < -0.39 is 30.2 Å². The van der Waals surface area contributed by atoms with Gasteiger partial charge >= 0.3 is 12.1 Å². The van der Waals surface area contributed by atoms with E-state index in [4.69, 9.17) is 16.3 Å². The second kappa shape index (κ2) is 7.65. The lowest BCUT2D eigenvalue weighted by atomic mass is 10.1. The van der Waals surface area contributed by atoms with Crippen LogP contribution in [0.2, 0.25) is 5.02 Å². The molecule has 0 heterocycles. The minimum atomic E-state index is -4.60. The van der Waals surface area contributed by atoms with Crippen molar-refractivity contribution < 1.29 is 32.6 Å². The van der Waals surface area contributed by atoms with Crippen LogP contribution < -0.4 is 5.32 Å². The number of aromatic hydroxyl groups is 1. The molecule has 0 saturated heterocycles. The second-order valence-electron chi connectivity index (χ2n) is 5.34. The van der Waals surface area contributed by atoms with E-state index >= 15 is 0 Å². The molecule has 5 nitrogen and oxygen atoms in total. The van der Waals surface area contributed by atoms with Gasteiger partial charge in [0.15, 0.2) is 6.61 Å². The number of hydrogen-bond acceptors (Lipinski definition) is 4. The molecule has 0 radical (unpaired) electrons. The predicted molar refractivity (Wildman–Crippen MR) is 88.2 cm³/mol. The summed E-state index contributed by atoms with van der Waals surface area (Å²) in [4.78, 5) is 23.7. The third kappa shape index (κ3) is 4.89. The predicted octanol–water partition coefficient (Wildman–Crippen LogP) is 4.17. The molecule has 138 valence electrons. The topological polar surface area (TPSA) is 75.6 Å². The summed E-state index contributed by atoms with van der Waals surface area (Å²) in [7, 11) is 0. The lowest BCUT2D eigenvalue weighted by Crippen LogP contribution is -2.21. The maximum atomic E-state index is 12.7. The molecule has 2 aromatic carbocycles. The molecule has 2 rings (SSSR count). The van der Waals surface area contributed by atoms with E-state index in [9.17, 15) is 27.9 Å². The largest absolute Gasteiger partial charge is 0.507 e. The summed E-state index contributed by atoms with van der Waals surface area (Å²) in [5, 5.41) is 11.7. The van der Waals surface area contributed by atoms with Crippen molar-refractivity contribution in [2.75, 3.05) is 11.9 Å². The Hall–Kier alpha value is -2.74. The van der Waals surface area contributed by atoms with Gasteiger partial charge in [-0.25, -0.2) is 4.79 Å². The fourth-order valence-electron chi connectivity index (χ4n) is 2.01. The van der Waals surface area contributed by atoms with Crippen LogP contribution in [-0.2, 0) is 15.7 Å². The van der Waals surface area contributed by atoms with Crippen molar-refractivity contribution in [3.05, 3.63) is 58.1 Å². The molecule has 0 aromatic heterocycles. The molecule has 0 fully saturated rings. The lowest BCUT2D eigenvalue weighted by molar-refractivity contribution is -0.137. The number of esters is 1. The highest BCUT2D eigenvalue weighted by molar-refractivity contribution is 6.33. The van der Waals surface area contributed by atoms with E-state index in [-0.39, 0.29) is 22.0 Å². The zero-order valence-corrected chi connectivity index (χ0v) is 14.1. The zero-order valence-electron chi connectivity index (χ0n) is 13.4. The number of halogens is 4. The van der Waals surface area contributed by atoms with E-state index in [1.807, 2.05) is 0 Å². The summed E-state index contributed by atoms with van der Waals surface area (Å²) < 4.78 is 42.9. The van der Waals surface area contributed by atoms with Gasteiger partial charge in [0.25, 0.3) is 5.91 Å². The van der Waals surface area contributed by atoms with Crippen molar-refractivity contribution in [3.8, 4) is 5.75 Å². The third-order valence-corrected chi connectivity index (χ3v) is 3.60. The number of rotatable bonds is 4. The van der Waals surface area contributed by atoms with E-state index in [2.05, 4.69) is 5.32 Å². The maximum absolute atomic E-state index is 12.7. The number of hydrogen-bond donors (Lipinski definition) is 2. The Morgan fingerprint density at radius 3 is 2.54 bits per heavy atom. The molecule has 9 heteroatoms. The van der Waals surface area contributed by atoms with Crippen LogP contribution in [0.5, 0.6) is 5.75 Å². The number of benzene rings is 2. The normalized spacial score (nSPS) is 11.1. The van der Waals surface area contributed by atoms with Gasteiger partial charge in [-0.2, -0.15) is 13.2 Å². The standard InChI is InChI=1S/C17H13ClF3NO4/c1-9-2-5-14(23)11(6-9)16(25)26-8-15(24)22-13-7-10(17(19,20)21)3-4-12(13)18/h2-7,23H,8H2,1H3,(H,22,24). The molecular formula is C17H13ClF3NO4. The van der Waals surface area contributed by atoms with Crippen molar-refractivity contribution in [3.63, 3.8) is 0 Å². The van der Waals surface area contributed by atoms with Crippen LogP contribution in [0.1, 0.15) is 21.5 Å². The Morgan fingerprint density at radius 1 is 1.19 bits per heavy atom. The number of carbonyl (C=O) groups is 2. The summed E-state index contributed by atoms with van der Waals surface area (Å²) in [6.07, 6.45) is -4.60. The SMILES string of the molecule is Cc1ccc(O)c(C(=O)OCC(=O)Nc2cc(C(F)(F)F)ccc2Cl)c1. The van der Waals surface area contributed by atoms with Gasteiger partial charge in [0, 0.05) is 0 Å². The van der Waals surface area contributed by atoms with Crippen molar-refractivity contribution in [1.82, 2.24) is 0 Å². The molecule has 0 unspecified atom stereocenters. The van der Waals surface area contributed by atoms with Crippen LogP contribution in [0.15, 0.2) is 36.4 Å². The van der Waals surface area contributed by atoms with Gasteiger partial charge in [-0.05, 0) is 37.3 Å². The molecule has 26 heavy (non-hydrogen) atoms. The van der Waals surface area contributed by atoms with Crippen LogP contribution in [0.3, 0.4) is 0 Å². The van der Waals surface area contributed by atoms with Gasteiger partial charge in [-0.1, -0.05) is 23.2 Å². The van der Waals surface area contributed by atoms with E-state index in [0.29, 0.717) is 11.6 Å². The van der Waals surface area contributed by atoms with Gasteiger partial charge in [0.2, 0.25) is 0 Å². The lowest BCUT2D eigenvalue weighted by Gasteiger charge is -2.12. The highest BCUT2D eigenvalue weighted by Gasteiger charge is 2.31. The first-order valence-electron chi connectivity index (χ1n) is 7.21. The van der Waals surface area contributed by atoms with Crippen LogP contribution >= 0.6 is 11.6 Å². The second-order valence-corrected chi connectivity index (χ2v) is 5.74. The Morgan fingerprint density at radius 2 is 1.88 bits per heavy atom. The Kier molecular flexibility index (Phi) is 5.76. The number of phenols is 1. The minimum Gasteiger partial charge on any atom is -0.507 e. The summed E-state index contributed by atoms with van der Waals surface area (Å²) in [5.41, 5.74) is -0.690. The van der Waals surface area contributed by atoms with Gasteiger partial charge in [-0.15, -0.1) is 0 Å². The van der Waals surface area contributed by atoms with Crippen LogP contribution in [0.25, 0.3) is 0 Å². The quantitative estimate of drug-likeness (QED) is 0.772. The van der Waals surface area contributed by atoms with Crippen molar-refractivity contribution in [1.29, 1.82) is 0 Å². The minimum absolute atomic E-state index is 0.103. The number of nitrogens with one attached hydrogen (secondary N) is 1. The number of phenolic OH excluding ortho intramolecular Hbond substituents is 1. The van der Waals surface area contributed by atoms with Gasteiger partial charge in [0.05, 0.1) is 16.3 Å². The molecule has 0 aliphatic rings. The highest BCUT2D eigenvalue weighted by atomic mass is 35.5. The van der Waals surface area contributed by atoms with Gasteiger partial charge < -0.3 is 15.2 Å². The smallest absolute Gasteiger partial charge is 0.416 e. The third-order valence-electron chi connectivity index (χ3n) is 3.27. The average molecular weight is 388 g/mol. The monoisotopic (exact) mass is 387 g/mol. The number of ether oxygens (including phenoxy) is 1.